The van der Waals surface area contributed by atoms with E-state index in [1.165, 1.54) is 32.2 Å². The van der Waals surface area contributed by atoms with E-state index in [-0.39, 0.29) is 36.1 Å². The van der Waals surface area contributed by atoms with Crippen LogP contribution in [0.4, 0.5) is 59.3 Å². The van der Waals surface area contributed by atoms with Crippen molar-refractivity contribution in [3.05, 3.63) is 93.0 Å². The van der Waals surface area contributed by atoms with Gasteiger partial charge in [0.1, 0.15) is 64.5 Å². The molecule has 0 saturated heterocycles. The van der Waals surface area contributed by atoms with E-state index < -0.39 is 197 Å². The fraction of sp³-hybridized carbons (Fsp3) is 0.426. The van der Waals surface area contributed by atoms with Crippen molar-refractivity contribution in [2.75, 3.05) is 36.8 Å². The number of amides is 3. The average molecular weight is 1240 g/mol. The highest BCUT2D eigenvalue weighted by atomic mass is 35.5. The highest BCUT2D eigenvalue weighted by Crippen LogP contribution is 2.52. The van der Waals surface area contributed by atoms with Crippen molar-refractivity contribution in [3.63, 3.8) is 0 Å². The van der Waals surface area contributed by atoms with Crippen LogP contribution in [-0.4, -0.2) is 126 Å². The molecule has 0 aliphatic heterocycles. The summed E-state index contributed by atoms with van der Waals surface area (Å²) in [6.07, 6.45) is -13.1. The van der Waals surface area contributed by atoms with E-state index >= 15 is 8.78 Å². The van der Waals surface area contributed by atoms with Gasteiger partial charge in [0.25, 0.3) is 5.92 Å². The molecule has 4 N–H and O–H groups in total. The molecule has 0 fully saturated rings. The predicted octanol–water partition coefficient (Wildman–Crippen LogP) is 8.35. The molecule has 3 aromatic heterocycles. The third-order valence-electron chi connectivity index (χ3n) is 12.1. The van der Waals surface area contributed by atoms with E-state index in [1.54, 1.807) is 0 Å². The van der Waals surface area contributed by atoms with Gasteiger partial charge in [-0.05, 0) is 74.9 Å². The van der Waals surface area contributed by atoms with Crippen LogP contribution in [0.1, 0.15) is 80.0 Å². The van der Waals surface area contributed by atoms with E-state index in [0.717, 1.165) is 44.4 Å². The molecule has 3 amide bonds. The Balaban J connectivity index is 1.55. The second kappa shape index (κ2) is 24.9. The number of rotatable bonds is 19. The quantitative estimate of drug-likeness (QED) is 0.0262. The lowest BCUT2D eigenvalue weighted by Gasteiger charge is -2.26. The molecule has 20 nitrogen and oxygen atoms in total. The summed E-state index contributed by atoms with van der Waals surface area (Å²) < 4.78 is 187. The number of benzene rings is 2. The number of pyridine rings is 1. The van der Waals surface area contributed by atoms with Crippen LogP contribution in [0.5, 0.6) is 0 Å². The van der Waals surface area contributed by atoms with Crippen molar-refractivity contribution in [1.29, 1.82) is 0 Å². The summed E-state index contributed by atoms with van der Waals surface area (Å²) in [4.78, 5) is 75.7. The summed E-state index contributed by atoms with van der Waals surface area (Å²) in [5.74, 6) is -5.94. The van der Waals surface area contributed by atoms with Crippen molar-refractivity contribution in [2.45, 2.75) is 94.6 Å². The smallest absolute Gasteiger partial charge is 0.435 e. The Labute approximate surface area is 463 Å². The number of alkyl halides is 8. The zero-order valence-corrected chi connectivity index (χ0v) is 46.1. The van der Waals surface area contributed by atoms with Crippen molar-refractivity contribution in [2.24, 2.45) is 0 Å². The lowest BCUT2D eigenvalue weighted by molar-refractivity contribution is -0.143. The van der Waals surface area contributed by atoms with E-state index in [9.17, 15) is 67.8 Å². The molecule has 6 rings (SSSR count). The van der Waals surface area contributed by atoms with Crippen LogP contribution < -0.4 is 9.62 Å². The number of aliphatic carboxylic acids is 1. The first kappa shape index (κ1) is 63.7. The van der Waals surface area contributed by atoms with Crippen LogP contribution in [0.25, 0.3) is 22.0 Å². The number of carbonyl (C=O) groups is 4. The van der Waals surface area contributed by atoms with Crippen molar-refractivity contribution >= 4 is 82.8 Å². The van der Waals surface area contributed by atoms with Gasteiger partial charge < -0.3 is 29.7 Å². The highest BCUT2D eigenvalue weighted by Gasteiger charge is 2.53. The molecule has 1 aliphatic rings. The Morgan fingerprint density at radius 3 is 2.19 bits per heavy atom. The van der Waals surface area contributed by atoms with Gasteiger partial charge in [-0.15, -0.1) is 0 Å². The monoisotopic (exact) mass is 1230 g/mol. The van der Waals surface area contributed by atoms with Crippen LogP contribution in [0.15, 0.2) is 42.5 Å². The predicted molar refractivity (Wildman–Crippen MR) is 270 cm³/mol. The van der Waals surface area contributed by atoms with Crippen molar-refractivity contribution in [1.82, 2.24) is 34.8 Å². The number of hydrogen-bond acceptors (Lipinski definition) is 14. The van der Waals surface area contributed by atoms with Gasteiger partial charge in [0.15, 0.2) is 11.5 Å². The molecular weight excluding hydrogens is 1190 g/mol. The van der Waals surface area contributed by atoms with Crippen LogP contribution in [-0.2, 0) is 77.0 Å². The average Bonchev–Trinajstić information content (AvgIpc) is 3.99. The first-order valence-corrected chi connectivity index (χ1v) is 27.8. The van der Waals surface area contributed by atoms with Crippen LogP contribution in [0.2, 0.25) is 5.02 Å². The van der Waals surface area contributed by atoms with Crippen LogP contribution in [0, 0.1) is 23.5 Å². The number of carboxylic acid groups (broad SMARTS) is 1. The third kappa shape index (κ3) is 15.2. The molecule has 2 aromatic carbocycles. The standard InChI is InChI=1S/C47H46ClF10N8O12PS2/c1-23-19-45(51,52)39-34(23)38(47(56,57)58)61-64(39)20-33(67)60-32(17-25-15-26(49)18-27(50)16-25)36-29(8-7-28(59-36)11-12-44(3,4)80(5)74)30-9-10-31(48)35-37(30)65(21-46(53,54)55)62-40(35)66(81(6)75)43(71)76-14-13-63(24(2)41(68)69)42(70)77-22-78-79(72)73/h7-10,15-16,18,23-24,32,72-73H,13-14,17,19-22H2,1-6H3,(H,60,67)(H,68,69)/t23-,24-,32?,80?,81?/m0/s1. The molecule has 3 unspecified atom stereocenters. The number of hydrogen-bond donors (Lipinski definition) is 4. The van der Waals surface area contributed by atoms with E-state index in [1.807, 2.05) is 0 Å². The number of halogens is 11. The first-order valence-electron chi connectivity index (χ1n) is 23.2. The topological polar surface area (TPSA) is 258 Å². The summed E-state index contributed by atoms with van der Waals surface area (Å²) in [7, 11) is -7.26. The number of nitrogens with zero attached hydrogens (tertiary/aromatic N) is 7. The maximum atomic E-state index is 15.5. The van der Waals surface area contributed by atoms with Crippen molar-refractivity contribution in [3.8, 4) is 23.0 Å². The number of ether oxygens (including phenoxy) is 2. The van der Waals surface area contributed by atoms with Gasteiger partial charge in [0.2, 0.25) is 12.7 Å². The molecule has 0 spiro atoms. The van der Waals surface area contributed by atoms with Gasteiger partial charge in [0, 0.05) is 52.5 Å². The minimum absolute atomic E-state index is 0.164. The van der Waals surface area contributed by atoms with Crippen molar-refractivity contribution < 1.29 is 100 Å². The lowest BCUT2D eigenvalue weighted by Crippen LogP contribution is -2.46. The maximum Gasteiger partial charge on any atom is 0.435 e. The molecule has 34 heteroatoms. The van der Waals surface area contributed by atoms with Crippen LogP contribution >= 0.6 is 20.2 Å². The third-order valence-corrected chi connectivity index (χ3v) is 15.2. The van der Waals surface area contributed by atoms with E-state index in [4.69, 9.17) is 26.1 Å². The Bertz CT molecular complexity index is 3350. The minimum Gasteiger partial charge on any atom is -0.480 e. The second-order valence-electron chi connectivity index (χ2n) is 18.4. The van der Waals surface area contributed by atoms with Gasteiger partial charge in [-0.1, -0.05) is 30.5 Å². The zero-order valence-electron chi connectivity index (χ0n) is 42.8. The second-order valence-corrected chi connectivity index (χ2v) is 22.7. The maximum absolute atomic E-state index is 15.5. The molecule has 0 bridgehead atoms. The summed E-state index contributed by atoms with van der Waals surface area (Å²) in [5, 5.41) is 18.4. The number of aromatic nitrogens is 5. The number of nitrogens with one attached hydrogen (secondary N) is 1. The van der Waals surface area contributed by atoms with Gasteiger partial charge in [-0.25, -0.2) is 32.4 Å². The normalized spacial score (nSPS) is 15.8. The number of anilines is 1. The van der Waals surface area contributed by atoms with Gasteiger partial charge >= 0.3 is 39.1 Å². The largest absolute Gasteiger partial charge is 0.480 e. The fourth-order valence-electron chi connectivity index (χ4n) is 8.41. The van der Waals surface area contributed by atoms with Crippen LogP contribution in [0.3, 0.4) is 0 Å². The first-order chi connectivity index (χ1) is 37.5. The Morgan fingerprint density at radius 1 is 0.963 bits per heavy atom. The SMILES string of the molecule is C[C@H]1CC(F)(F)c2c1c(C(F)(F)F)nn2CC(=O)NC(Cc1cc(F)cc(F)c1)c1nc(C#CC(C)(C)S(C)=O)ccc1-c1ccc(Cl)c2c(N(C(=O)OCCN(C(=O)OCOP(O)O)[C@@H](C)C(=O)O)S(C)=O)nn(CC(F)(F)F)c12. The Hall–Kier alpha value is -6.49. The molecule has 440 valence electrons. The van der Waals surface area contributed by atoms with Gasteiger partial charge in [-0.3, -0.25) is 27.8 Å². The summed E-state index contributed by atoms with van der Waals surface area (Å²) in [6.45, 7) is -1.01. The number of carboxylic acids is 1. The summed E-state index contributed by atoms with van der Waals surface area (Å²) >= 11 is 6.70. The summed E-state index contributed by atoms with van der Waals surface area (Å²) in [6, 6.07) is 3.20. The van der Waals surface area contributed by atoms with E-state index in [0.29, 0.717) is 11.0 Å². The molecule has 1 aliphatic carbocycles. The Kier molecular flexibility index (Phi) is 19.6. The molecule has 5 aromatic rings. The van der Waals surface area contributed by atoms with Gasteiger partial charge in [0.05, 0.1) is 34.2 Å². The molecule has 5 atom stereocenters. The highest BCUT2D eigenvalue weighted by molar-refractivity contribution is 7.86. The zero-order chi connectivity index (χ0) is 60.4. The lowest BCUT2D eigenvalue weighted by atomic mass is 9.93. The molecule has 81 heavy (non-hydrogen) atoms. The molecular formula is C47H46ClF10N8O12PS2. The fourth-order valence-corrected chi connectivity index (χ4v) is 9.62. The molecule has 0 radical (unpaired) electrons. The Morgan fingerprint density at radius 2 is 1.60 bits per heavy atom. The summed E-state index contributed by atoms with van der Waals surface area (Å²) in [5.41, 5.74) is -5.90. The van der Waals surface area contributed by atoms with Gasteiger partial charge in [-0.2, -0.15) is 49.6 Å². The van der Waals surface area contributed by atoms with E-state index in [2.05, 4.69) is 41.6 Å². The number of carbonyl (C=O) groups excluding carboxylic acids is 3. The molecule has 3 heterocycles. The molecule has 0 saturated carbocycles. The minimum atomic E-state index is -5.26. The number of fused-ring (bicyclic) bond motifs is 2.